The van der Waals surface area contributed by atoms with E-state index in [0.717, 1.165) is 42.8 Å². The fraction of sp³-hybridized carbons (Fsp3) is 0.588. The maximum atomic E-state index is 5.87. The van der Waals surface area contributed by atoms with E-state index in [1.807, 2.05) is 24.3 Å². The Morgan fingerprint density at radius 1 is 1.25 bits per heavy atom. The van der Waals surface area contributed by atoms with E-state index in [1.54, 1.807) is 0 Å². The zero-order chi connectivity index (χ0) is 14.6. The highest BCUT2D eigenvalue weighted by Crippen LogP contribution is 2.28. The molecule has 0 aliphatic rings. The van der Waals surface area contributed by atoms with Gasteiger partial charge < -0.3 is 9.73 Å². The molecule has 0 saturated heterocycles. The van der Waals surface area contributed by atoms with Crippen LogP contribution in [-0.2, 0) is 6.42 Å². The van der Waals surface area contributed by atoms with Gasteiger partial charge in [-0.05, 0) is 36.9 Å². The van der Waals surface area contributed by atoms with Gasteiger partial charge in [0, 0.05) is 12.5 Å². The van der Waals surface area contributed by atoms with Crippen LogP contribution in [0.15, 0.2) is 28.7 Å². The molecule has 3 heteroatoms. The average Bonchev–Trinajstić information content (AvgIpc) is 2.85. The lowest BCUT2D eigenvalue weighted by atomic mass is 9.80. The van der Waals surface area contributed by atoms with Crippen molar-refractivity contribution < 1.29 is 4.42 Å². The van der Waals surface area contributed by atoms with E-state index in [0.29, 0.717) is 6.04 Å². The van der Waals surface area contributed by atoms with Crippen molar-refractivity contribution in [2.45, 2.75) is 53.0 Å². The van der Waals surface area contributed by atoms with Crippen LogP contribution < -0.4 is 5.32 Å². The van der Waals surface area contributed by atoms with Gasteiger partial charge in [-0.2, -0.15) is 0 Å². The third kappa shape index (κ3) is 3.40. The van der Waals surface area contributed by atoms with E-state index in [-0.39, 0.29) is 5.41 Å². The van der Waals surface area contributed by atoms with Crippen molar-refractivity contribution >= 4 is 11.1 Å². The molecule has 1 heterocycles. The Kier molecular flexibility index (Phi) is 4.81. The highest BCUT2D eigenvalue weighted by atomic mass is 16.3. The molecule has 0 spiro atoms. The Bertz CT molecular complexity index is 512. The molecule has 0 saturated carbocycles. The molecule has 20 heavy (non-hydrogen) atoms. The van der Waals surface area contributed by atoms with Gasteiger partial charge in [0.15, 0.2) is 11.5 Å². The van der Waals surface area contributed by atoms with Crippen molar-refractivity contribution in [2.24, 2.45) is 5.41 Å². The highest BCUT2D eigenvalue weighted by molar-refractivity contribution is 5.72. The average molecular weight is 274 g/mol. The van der Waals surface area contributed by atoms with E-state index >= 15 is 0 Å². The number of hydrogen-bond acceptors (Lipinski definition) is 3. The smallest absolute Gasteiger partial charge is 0.197 e. The quantitative estimate of drug-likeness (QED) is 0.823. The van der Waals surface area contributed by atoms with Crippen LogP contribution in [0.4, 0.5) is 0 Å². The number of rotatable bonds is 7. The summed E-state index contributed by atoms with van der Waals surface area (Å²) in [4.78, 5) is 4.60. The molecule has 110 valence electrons. The molecule has 0 aliphatic carbocycles. The lowest BCUT2D eigenvalue weighted by molar-refractivity contribution is 0.221. The van der Waals surface area contributed by atoms with E-state index in [4.69, 9.17) is 4.42 Å². The van der Waals surface area contributed by atoms with Gasteiger partial charge in [0.05, 0.1) is 0 Å². The van der Waals surface area contributed by atoms with Crippen LogP contribution in [-0.4, -0.2) is 17.6 Å². The van der Waals surface area contributed by atoms with Crippen LogP contribution in [0.1, 0.15) is 46.4 Å². The summed E-state index contributed by atoms with van der Waals surface area (Å²) in [5, 5.41) is 3.65. The SMILES string of the molecule is CCCNC(Cc1nc2ccccc2o1)C(C)(C)CC. The van der Waals surface area contributed by atoms with Gasteiger partial charge in [0.25, 0.3) is 0 Å². The first-order valence-electron chi connectivity index (χ1n) is 7.64. The zero-order valence-corrected chi connectivity index (χ0v) is 13.1. The zero-order valence-electron chi connectivity index (χ0n) is 13.1. The van der Waals surface area contributed by atoms with Crippen LogP contribution in [0.5, 0.6) is 0 Å². The number of benzene rings is 1. The van der Waals surface area contributed by atoms with Crippen molar-refractivity contribution in [3.63, 3.8) is 0 Å². The fourth-order valence-electron chi connectivity index (χ4n) is 2.37. The maximum Gasteiger partial charge on any atom is 0.197 e. The van der Waals surface area contributed by atoms with Gasteiger partial charge in [0.1, 0.15) is 5.52 Å². The number of fused-ring (bicyclic) bond motifs is 1. The molecule has 1 unspecified atom stereocenters. The first-order chi connectivity index (χ1) is 9.56. The van der Waals surface area contributed by atoms with E-state index in [1.165, 1.54) is 0 Å². The summed E-state index contributed by atoms with van der Waals surface area (Å²) in [6.45, 7) is 10.1. The van der Waals surface area contributed by atoms with Crippen LogP contribution in [0.25, 0.3) is 11.1 Å². The van der Waals surface area contributed by atoms with Crippen molar-refractivity contribution in [1.29, 1.82) is 0 Å². The number of nitrogens with zero attached hydrogens (tertiary/aromatic N) is 1. The summed E-state index contributed by atoms with van der Waals surface area (Å²) in [6.07, 6.45) is 3.12. The minimum Gasteiger partial charge on any atom is -0.441 e. The third-order valence-corrected chi connectivity index (χ3v) is 4.21. The second-order valence-electron chi connectivity index (χ2n) is 6.13. The molecule has 1 aromatic carbocycles. The molecule has 1 N–H and O–H groups in total. The van der Waals surface area contributed by atoms with Gasteiger partial charge in [-0.15, -0.1) is 0 Å². The molecule has 0 aliphatic heterocycles. The van der Waals surface area contributed by atoms with Crippen molar-refractivity contribution in [1.82, 2.24) is 10.3 Å². The van der Waals surface area contributed by atoms with Crippen molar-refractivity contribution in [3.8, 4) is 0 Å². The number of para-hydroxylation sites is 2. The summed E-state index contributed by atoms with van der Waals surface area (Å²) in [5.74, 6) is 0.835. The molecular weight excluding hydrogens is 248 g/mol. The van der Waals surface area contributed by atoms with Crippen molar-refractivity contribution in [2.75, 3.05) is 6.54 Å². The van der Waals surface area contributed by atoms with Gasteiger partial charge in [-0.3, -0.25) is 0 Å². The molecular formula is C17H26N2O. The first kappa shape index (κ1) is 15.0. The molecule has 1 aromatic heterocycles. The van der Waals surface area contributed by atoms with Crippen LogP contribution in [0.2, 0.25) is 0 Å². The second kappa shape index (κ2) is 6.40. The van der Waals surface area contributed by atoms with Gasteiger partial charge in [-0.25, -0.2) is 4.98 Å². The number of nitrogens with one attached hydrogen (secondary N) is 1. The Labute approximate surface area is 121 Å². The van der Waals surface area contributed by atoms with Gasteiger partial charge in [-0.1, -0.05) is 39.8 Å². The molecule has 3 nitrogen and oxygen atoms in total. The predicted molar refractivity (Wildman–Crippen MR) is 83.9 cm³/mol. The van der Waals surface area contributed by atoms with E-state index in [2.05, 4.69) is 38.0 Å². The highest BCUT2D eigenvalue weighted by Gasteiger charge is 2.28. The molecule has 0 fully saturated rings. The summed E-state index contributed by atoms with van der Waals surface area (Å²) in [5.41, 5.74) is 2.06. The summed E-state index contributed by atoms with van der Waals surface area (Å²) < 4.78 is 5.87. The largest absolute Gasteiger partial charge is 0.441 e. The monoisotopic (exact) mass is 274 g/mol. The fourth-order valence-corrected chi connectivity index (χ4v) is 2.37. The Morgan fingerprint density at radius 2 is 2.00 bits per heavy atom. The Morgan fingerprint density at radius 3 is 2.65 bits per heavy atom. The summed E-state index contributed by atoms with van der Waals surface area (Å²) >= 11 is 0. The molecule has 0 radical (unpaired) electrons. The van der Waals surface area contributed by atoms with E-state index < -0.39 is 0 Å². The number of hydrogen-bond donors (Lipinski definition) is 1. The van der Waals surface area contributed by atoms with Crippen LogP contribution in [0.3, 0.4) is 0 Å². The minimum atomic E-state index is 0.232. The lowest BCUT2D eigenvalue weighted by Gasteiger charge is -2.33. The first-order valence-corrected chi connectivity index (χ1v) is 7.64. The second-order valence-corrected chi connectivity index (χ2v) is 6.13. The molecule has 0 amide bonds. The van der Waals surface area contributed by atoms with Crippen LogP contribution in [0, 0.1) is 5.41 Å². The predicted octanol–water partition coefficient (Wildman–Crippen LogP) is 4.17. The number of oxazole rings is 1. The van der Waals surface area contributed by atoms with Crippen LogP contribution >= 0.6 is 0 Å². The molecule has 2 rings (SSSR count). The third-order valence-electron chi connectivity index (χ3n) is 4.21. The minimum absolute atomic E-state index is 0.232. The van der Waals surface area contributed by atoms with E-state index in [9.17, 15) is 0 Å². The summed E-state index contributed by atoms with van der Waals surface area (Å²) in [6, 6.07) is 8.35. The molecule has 1 atom stereocenters. The van der Waals surface area contributed by atoms with Crippen molar-refractivity contribution in [3.05, 3.63) is 30.2 Å². The standard InChI is InChI=1S/C17H26N2O/c1-5-11-18-15(17(3,4)6-2)12-16-19-13-9-7-8-10-14(13)20-16/h7-10,15,18H,5-6,11-12H2,1-4H3. The van der Waals surface area contributed by atoms with Gasteiger partial charge >= 0.3 is 0 Å². The Hall–Kier alpha value is -1.35. The molecule has 2 aromatic rings. The van der Waals surface area contributed by atoms with Gasteiger partial charge in [0.2, 0.25) is 0 Å². The summed E-state index contributed by atoms with van der Waals surface area (Å²) in [7, 11) is 0. The maximum absolute atomic E-state index is 5.87. The normalized spacial score (nSPS) is 13.8. The number of aromatic nitrogens is 1. The lowest BCUT2D eigenvalue weighted by Crippen LogP contribution is -2.43. The molecule has 0 bridgehead atoms. The topological polar surface area (TPSA) is 38.1 Å². The Balaban J connectivity index is 2.17.